The Morgan fingerprint density at radius 2 is 1.92 bits per heavy atom. The van der Waals surface area contributed by atoms with E-state index in [-0.39, 0.29) is 4.87 Å². The molecule has 1 saturated heterocycles. The van der Waals surface area contributed by atoms with Gasteiger partial charge in [-0.2, -0.15) is 5.01 Å². The van der Waals surface area contributed by atoms with Gasteiger partial charge < -0.3 is 15.3 Å². The summed E-state index contributed by atoms with van der Waals surface area (Å²) in [6, 6.07) is -1.28. The lowest BCUT2D eigenvalue weighted by atomic mass is 10.3. The third kappa shape index (κ3) is 1.34. The fraction of sp³-hybridized carbons (Fsp3) is 0.800. The molecule has 1 aliphatic rings. The number of hydrogen-bond donors (Lipinski definition) is 3. The van der Waals surface area contributed by atoms with Crippen molar-refractivity contribution < 1.29 is 25.0 Å². The predicted molar refractivity (Wildman–Crippen MR) is 37.4 cm³/mol. The van der Waals surface area contributed by atoms with Gasteiger partial charge in [-0.3, -0.25) is 4.79 Å². The zero-order chi connectivity index (χ0) is 10.0. The largest absolute Gasteiger partial charge is 0.389 e. The summed E-state index contributed by atoms with van der Waals surface area (Å²) in [7, 11) is 0. The molecule has 13 heavy (non-hydrogen) atoms. The normalized spacial score (nSPS) is 23.2. The fourth-order valence-electron chi connectivity index (χ4n) is 1.08. The van der Waals surface area contributed by atoms with Gasteiger partial charge >= 0.3 is 11.9 Å². The van der Waals surface area contributed by atoms with Crippen LogP contribution in [0.4, 0.5) is 0 Å². The van der Waals surface area contributed by atoms with E-state index >= 15 is 0 Å². The van der Waals surface area contributed by atoms with Crippen molar-refractivity contribution in [2.24, 2.45) is 0 Å². The van der Waals surface area contributed by atoms with Crippen LogP contribution in [0.2, 0.25) is 0 Å². The maximum Gasteiger partial charge on any atom is 0.337 e. The van der Waals surface area contributed by atoms with E-state index in [9.17, 15) is 9.70 Å². The van der Waals surface area contributed by atoms with E-state index in [0.717, 1.165) is 0 Å². The summed E-state index contributed by atoms with van der Waals surface area (Å²) < 4.78 is 0. The second kappa shape index (κ2) is 3.64. The molecule has 0 aromatic heterocycles. The molecule has 1 atom stereocenters. The molecular weight excluding hydrogens is 182 g/mol. The first kappa shape index (κ1) is 9.84. The van der Waals surface area contributed by atoms with Crippen LogP contribution in [0.25, 0.3) is 0 Å². The molecule has 8 nitrogen and oxygen atoms in total. The molecule has 1 fully saturated rings. The number of aliphatic hydroxyl groups excluding tert-OH is 3. The summed E-state index contributed by atoms with van der Waals surface area (Å²) in [5, 5.41) is 27.2. The number of nitrogens with zero attached hydrogens (tertiary/aromatic N) is 3. The quantitative estimate of drug-likeness (QED) is 0.412. The highest BCUT2D eigenvalue weighted by atomic mass is 16.4. The van der Waals surface area contributed by atoms with E-state index in [4.69, 9.17) is 15.3 Å². The van der Waals surface area contributed by atoms with Gasteiger partial charge in [0.15, 0.2) is 11.6 Å². The standard InChI is InChI=1S/C5H10N3O5/c9-1-4-5(12)6(2-10)7(3-11)8(4)13/h4,9-11H,1-3H2/q+1. The third-order valence-electron chi connectivity index (χ3n) is 1.75. The van der Waals surface area contributed by atoms with Gasteiger partial charge in [-0.1, -0.05) is 0 Å². The second-order valence-corrected chi connectivity index (χ2v) is 2.39. The molecule has 0 bridgehead atoms. The molecule has 74 valence electrons. The predicted octanol–water partition coefficient (Wildman–Crippen LogP) is -3.00. The van der Waals surface area contributed by atoms with Crippen molar-refractivity contribution in [1.82, 2.24) is 10.1 Å². The molecule has 0 aliphatic carbocycles. The minimum absolute atomic E-state index is 0.124. The summed E-state index contributed by atoms with van der Waals surface area (Å²) in [5.41, 5.74) is 0. The van der Waals surface area contributed by atoms with Gasteiger partial charge in [0, 0.05) is 0 Å². The van der Waals surface area contributed by atoms with E-state index in [1.165, 1.54) is 0 Å². The molecule has 1 aliphatic heterocycles. The number of hydrazine groups is 2. The minimum atomic E-state index is -1.28. The molecule has 1 amide bonds. The second-order valence-electron chi connectivity index (χ2n) is 2.39. The number of hydrogen-bond acceptors (Lipinski definition) is 5. The van der Waals surface area contributed by atoms with Crippen molar-refractivity contribution in [3.8, 4) is 0 Å². The summed E-state index contributed by atoms with van der Waals surface area (Å²) >= 11 is 0. The first-order valence-corrected chi connectivity index (χ1v) is 3.55. The zero-order valence-corrected chi connectivity index (χ0v) is 6.70. The van der Waals surface area contributed by atoms with Gasteiger partial charge in [0.05, 0.1) is 4.91 Å². The lowest BCUT2D eigenvalue weighted by Gasteiger charge is -2.14. The Morgan fingerprint density at radius 1 is 1.31 bits per heavy atom. The molecule has 1 rings (SSSR count). The van der Waals surface area contributed by atoms with Gasteiger partial charge in [-0.25, -0.2) is 0 Å². The Balaban J connectivity index is 2.88. The maximum absolute atomic E-state index is 11.2. The summed E-state index contributed by atoms with van der Waals surface area (Å²) in [5.74, 6) is -0.742. The van der Waals surface area contributed by atoms with Crippen LogP contribution in [0.1, 0.15) is 0 Å². The molecule has 0 saturated carbocycles. The van der Waals surface area contributed by atoms with Crippen LogP contribution in [-0.2, 0) is 4.79 Å². The van der Waals surface area contributed by atoms with Crippen LogP contribution in [0, 0.1) is 4.91 Å². The van der Waals surface area contributed by atoms with E-state index in [0.29, 0.717) is 10.1 Å². The maximum atomic E-state index is 11.2. The monoisotopic (exact) mass is 192 g/mol. The summed E-state index contributed by atoms with van der Waals surface area (Å²) in [4.78, 5) is 22.4. The van der Waals surface area contributed by atoms with Crippen molar-refractivity contribution in [3.63, 3.8) is 0 Å². The Hall–Kier alpha value is -1.25. The molecule has 8 heteroatoms. The van der Waals surface area contributed by atoms with Crippen molar-refractivity contribution in [2.75, 3.05) is 20.1 Å². The molecule has 1 unspecified atom stereocenters. The van der Waals surface area contributed by atoms with Crippen molar-refractivity contribution in [3.05, 3.63) is 4.91 Å². The third-order valence-corrected chi connectivity index (χ3v) is 1.75. The average Bonchev–Trinajstić information content (AvgIpc) is 2.36. The highest BCUT2D eigenvalue weighted by Gasteiger charge is 2.52. The van der Waals surface area contributed by atoms with Gasteiger partial charge in [0.2, 0.25) is 0 Å². The average molecular weight is 192 g/mol. The van der Waals surface area contributed by atoms with Crippen molar-refractivity contribution >= 4 is 5.91 Å². The number of carbonyl (C=O) groups excluding carboxylic acids is 1. The molecule has 0 spiro atoms. The van der Waals surface area contributed by atoms with Crippen LogP contribution >= 0.6 is 0 Å². The first-order valence-electron chi connectivity index (χ1n) is 3.55. The Labute approximate surface area is 73.1 Å². The van der Waals surface area contributed by atoms with Crippen molar-refractivity contribution in [1.29, 1.82) is 0 Å². The fourth-order valence-corrected chi connectivity index (χ4v) is 1.08. The summed E-state index contributed by atoms with van der Waals surface area (Å²) in [6.07, 6.45) is 0. The number of amides is 1. The molecule has 0 aromatic rings. The van der Waals surface area contributed by atoms with Crippen LogP contribution in [-0.4, -0.2) is 62.3 Å². The lowest BCUT2D eigenvalue weighted by molar-refractivity contribution is -0.742. The number of rotatable bonds is 3. The molecule has 1 heterocycles. The van der Waals surface area contributed by atoms with E-state index in [1.54, 1.807) is 0 Å². The Bertz CT molecular complexity index is 210. The van der Waals surface area contributed by atoms with E-state index < -0.39 is 32.0 Å². The van der Waals surface area contributed by atoms with Crippen molar-refractivity contribution in [2.45, 2.75) is 6.04 Å². The van der Waals surface area contributed by atoms with Crippen LogP contribution in [0.15, 0.2) is 0 Å². The van der Waals surface area contributed by atoms with Gasteiger partial charge in [-0.15, -0.1) is 0 Å². The smallest absolute Gasteiger partial charge is 0.337 e. The van der Waals surface area contributed by atoms with Crippen LogP contribution < -0.4 is 0 Å². The van der Waals surface area contributed by atoms with Crippen LogP contribution in [0.5, 0.6) is 0 Å². The zero-order valence-electron chi connectivity index (χ0n) is 6.70. The van der Waals surface area contributed by atoms with Gasteiger partial charge in [-0.05, 0) is 5.12 Å². The highest BCUT2D eigenvalue weighted by Crippen LogP contribution is 2.13. The summed E-state index contributed by atoms with van der Waals surface area (Å²) in [6.45, 7) is -2.10. The van der Waals surface area contributed by atoms with E-state index in [2.05, 4.69) is 0 Å². The SMILES string of the molecule is O=C1C(CO)[N+](=O)N(CO)N1CO. The topological polar surface area (TPSA) is 104 Å². The number of carbonyl (C=O) groups is 1. The van der Waals surface area contributed by atoms with Crippen LogP contribution in [0.3, 0.4) is 0 Å². The molecule has 3 N–H and O–H groups in total. The number of aliphatic hydroxyl groups is 3. The minimum Gasteiger partial charge on any atom is -0.389 e. The van der Waals surface area contributed by atoms with Gasteiger partial charge in [0.25, 0.3) is 0 Å². The van der Waals surface area contributed by atoms with E-state index in [1.807, 2.05) is 0 Å². The lowest BCUT2D eigenvalue weighted by Crippen LogP contribution is -2.42. The number of nitroso groups, excluding NO2 is 1. The Kier molecular flexibility index (Phi) is 2.76. The molecule has 0 radical (unpaired) electrons. The molecular formula is C5H10N3O5+. The first-order chi connectivity index (χ1) is 6.17. The molecule has 0 aromatic carbocycles. The highest BCUT2D eigenvalue weighted by molar-refractivity contribution is 5.81. The van der Waals surface area contributed by atoms with Gasteiger partial charge in [0.1, 0.15) is 13.3 Å². The Morgan fingerprint density at radius 3 is 2.23 bits per heavy atom.